The number of thioether (sulfide) groups is 1. The van der Waals surface area contributed by atoms with Gasteiger partial charge in [-0.3, -0.25) is 14.6 Å². The summed E-state index contributed by atoms with van der Waals surface area (Å²) < 4.78 is 2.07. The average molecular weight is 410 g/mol. The molecule has 0 atom stereocenters. The second kappa shape index (κ2) is 7.30. The fraction of sp³-hybridized carbons (Fsp3) is 0.0952. The Kier molecular flexibility index (Phi) is 4.83. The van der Waals surface area contributed by atoms with Crippen molar-refractivity contribution in [1.82, 2.24) is 9.55 Å². The molecule has 1 aliphatic heterocycles. The Morgan fingerprint density at radius 3 is 2.50 bits per heavy atom. The van der Waals surface area contributed by atoms with Gasteiger partial charge >= 0.3 is 0 Å². The Morgan fingerprint density at radius 1 is 1.07 bits per heavy atom. The van der Waals surface area contributed by atoms with E-state index in [1.54, 1.807) is 42.7 Å². The van der Waals surface area contributed by atoms with Crippen molar-refractivity contribution >= 4 is 46.3 Å². The second-order valence-corrected chi connectivity index (χ2v) is 7.80. The highest BCUT2D eigenvalue weighted by molar-refractivity contribution is 8.19. The van der Waals surface area contributed by atoms with E-state index in [2.05, 4.69) is 9.55 Å². The number of aryl methyl sites for hydroxylation is 1. The van der Waals surface area contributed by atoms with E-state index >= 15 is 0 Å². The van der Waals surface area contributed by atoms with Gasteiger partial charge in [0, 0.05) is 22.6 Å². The van der Waals surface area contributed by atoms with Crippen LogP contribution < -0.4 is 4.90 Å². The number of nitrogens with zero attached hydrogens (tertiary/aromatic N) is 3. The van der Waals surface area contributed by atoms with Crippen LogP contribution in [0.1, 0.15) is 17.0 Å². The van der Waals surface area contributed by atoms with E-state index in [4.69, 9.17) is 11.6 Å². The van der Waals surface area contributed by atoms with Crippen LogP contribution in [0.25, 0.3) is 11.8 Å². The van der Waals surface area contributed by atoms with Crippen LogP contribution in [0.15, 0.2) is 59.8 Å². The van der Waals surface area contributed by atoms with Crippen molar-refractivity contribution in [3.05, 3.63) is 81.7 Å². The van der Waals surface area contributed by atoms with E-state index in [9.17, 15) is 9.59 Å². The maximum absolute atomic E-state index is 12.8. The van der Waals surface area contributed by atoms with Crippen LogP contribution in [0.5, 0.6) is 0 Å². The van der Waals surface area contributed by atoms with Crippen molar-refractivity contribution in [2.45, 2.75) is 13.8 Å². The minimum atomic E-state index is -0.330. The standard InChI is InChI=1S/C21H16ClN3O2S/c1-13-10-15(14(2)24(13)18-4-3-9-23-12-18)11-19-20(26)25(21(27)28-19)17-7-5-16(22)6-8-17/h3-12H,1-2H3/b19-11+. The minimum absolute atomic E-state index is 0.320. The van der Waals surface area contributed by atoms with Crippen molar-refractivity contribution in [2.24, 2.45) is 0 Å². The Hall–Kier alpha value is -2.83. The molecule has 5 nitrogen and oxygen atoms in total. The number of benzene rings is 1. The van der Waals surface area contributed by atoms with Gasteiger partial charge < -0.3 is 4.57 Å². The smallest absolute Gasteiger partial charge is 0.298 e. The first-order chi connectivity index (χ1) is 13.5. The first-order valence-electron chi connectivity index (χ1n) is 8.58. The fourth-order valence-corrected chi connectivity index (χ4v) is 4.20. The van der Waals surface area contributed by atoms with E-state index in [1.807, 2.05) is 32.0 Å². The van der Waals surface area contributed by atoms with E-state index in [0.717, 1.165) is 34.4 Å². The quantitative estimate of drug-likeness (QED) is 0.544. The summed E-state index contributed by atoms with van der Waals surface area (Å²) >= 11 is 6.84. The number of aromatic nitrogens is 2. The minimum Gasteiger partial charge on any atom is -0.316 e. The molecule has 1 saturated heterocycles. The summed E-state index contributed by atoms with van der Waals surface area (Å²) in [5.74, 6) is -0.330. The summed E-state index contributed by atoms with van der Waals surface area (Å²) in [5.41, 5.74) is 4.35. The van der Waals surface area contributed by atoms with Gasteiger partial charge in [0.2, 0.25) is 0 Å². The lowest BCUT2D eigenvalue weighted by Gasteiger charge is -2.12. The highest BCUT2D eigenvalue weighted by Crippen LogP contribution is 2.36. The van der Waals surface area contributed by atoms with E-state index in [0.29, 0.717) is 15.6 Å². The van der Waals surface area contributed by atoms with Crippen molar-refractivity contribution in [1.29, 1.82) is 0 Å². The van der Waals surface area contributed by atoms with Gasteiger partial charge in [0.05, 0.1) is 22.5 Å². The lowest BCUT2D eigenvalue weighted by atomic mass is 10.2. The molecular formula is C21H16ClN3O2S. The molecule has 0 radical (unpaired) electrons. The van der Waals surface area contributed by atoms with Gasteiger partial charge in [-0.15, -0.1) is 0 Å². The molecule has 0 aliphatic carbocycles. The Bertz CT molecular complexity index is 1100. The van der Waals surface area contributed by atoms with Gasteiger partial charge in [-0.1, -0.05) is 11.6 Å². The first kappa shape index (κ1) is 18.5. The highest BCUT2D eigenvalue weighted by Gasteiger charge is 2.36. The molecule has 28 heavy (non-hydrogen) atoms. The van der Waals surface area contributed by atoms with Crippen LogP contribution in [0.2, 0.25) is 5.02 Å². The third-order valence-electron chi connectivity index (χ3n) is 4.54. The predicted octanol–water partition coefficient (Wildman–Crippen LogP) is 5.38. The summed E-state index contributed by atoms with van der Waals surface area (Å²) in [4.78, 5) is 31.0. The molecule has 3 aromatic rings. The van der Waals surface area contributed by atoms with Crippen molar-refractivity contribution in [3.8, 4) is 5.69 Å². The number of hydrogen-bond donors (Lipinski definition) is 0. The summed E-state index contributed by atoms with van der Waals surface area (Å²) in [6, 6.07) is 12.5. The molecule has 1 aliphatic rings. The van der Waals surface area contributed by atoms with Crippen molar-refractivity contribution < 1.29 is 9.59 Å². The third-order valence-corrected chi connectivity index (χ3v) is 5.66. The number of halogens is 1. The molecule has 3 heterocycles. The monoisotopic (exact) mass is 409 g/mol. The number of anilines is 1. The van der Waals surface area contributed by atoms with E-state index in [-0.39, 0.29) is 11.1 Å². The van der Waals surface area contributed by atoms with Gasteiger partial charge in [-0.2, -0.15) is 0 Å². The molecule has 4 rings (SSSR count). The molecule has 7 heteroatoms. The Labute approximate surface area is 171 Å². The maximum Gasteiger partial charge on any atom is 0.298 e. The van der Waals surface area contributed by atoms with E-state index < -0.39 is 0 Å². The molecule has 0 N–H and O–H groups in total. The second-order valence-electron chi connectivity index (χ2n) is 6.37. The first-order valence-corrected chi connectivity index (χ1v) is 9.78. The van der Waals surface area contributed by atoms with Gasteiger partial charge in [0.1, 0.15) is 0 Å². The molecule has 0 unspecified atom stereocenters. The van der Waals surface area contributed by atoms with E-state index in [1.165, 1.54) is 4.90 Å². The number of amides is 2. The normalized spacial score (nSPS) is 15.7. The summed E-state index contributed by atoms with van der Waals surface area (Å²) in [5, 5.41) is 0.230. The number of rotatable bonds is 3. The molecule has 2 aromatic heterocycles. The largest absolute Gasteiger partial charge is 0.316 e. The molecule has 1 aromatic carbocycles. The molecule has 0 saturated carbocycles. The zero-order valence-electron chi connectivity index (χ0n) is 15.2. The number of imide groups is 1. The highest BCUT2D eigenvalue weighted by atomic mass is 35.5. The van der Waals surface area contributed by atoms with Crippen LogP contribution in [-0.4, -0.2) is 20.7 Å². The third kappa shape index (κ3) is 3.25. The summed E-state index contributed by atoms with van der Waals surface area (Å²) in [7, 11) is 0. The number of pyridine rings is 1. The van der Waals surface area contributed by atoms with Crippen molar-refractivity contribution in [2.75, 3.05) is 4.90 Å². The van der Waals surface area contributed by atoms with Crippen LogP contribution in [-0.2, 0) is 4.79 Å². The van der Waals surface area contributed by atoms with Gasteiger partial charge in [0.25, 0.3) is 11.1 Å². The fourth-order valence-electron chi connectivity index (χ4n) is 3.24. The number of hydrogen-bond acceptors (Lipinski definition) is 4. The average Bonchev–Trinajstić information content (AvgIpc) is 3.12. The van der Waals surface area contributed by atoms with Gasteiger partial charge in [-0.05, 0) is 79.7 Å². The summed E-state index contributed by atoms with van der Waals surface area (Å²) in [6.45, 7) is 3.98. The van der Waals surface area contributed by atoms with Crippen molar-refractivity contribution in [3.63, 3.8) is 0 Å². The Balaban J connectivity index is 1.70. The van der Waals surface area contributed by atoms with Crippen LogP contribution in [0.3, 0.4) is 0 Å². The zero-order chi connectivity index (χ0) is 19.8. The molecule has 0 bridgehead atoms. The SMILES string of the molecule is Cc1cc(/C=C2/SC(=O)N(c3ccc(Cl)cc3)C2=O)c(C)n1-c1cccnc1. The number of carbonyl (C=O) groups excluding carboxylic acids is 2. The molecule has 0 spiro atoms. The van der Waals surface area contributed by atoms with Gasteiger partial charge in [-0.25, -0.2) is 4.90 Å². The Morgan fingerprint density at radius 2 is 1.82 bits per heavy atom. The topological polar surface area (TPSA) is 55.2 Å². The summed E-state index contributed by atoms with van der Waals surface area (Å²) in [6.07, 6.45) is 5.29. The predicted molar refractivity (Wildman–Crippen MR) is 113 cm³/mol. The lowest BCUT2D eigenvalue weighted by Crippen LogP contribution is -2.27. The molecule has 1 fully saturated rings. The van der Waals surface area contributed by atoms with Crippen LogP contribution in [0.4, 0.5) is 10.5 Å². The van der Waals surface area contributed by atoms with Crippen LogP contribution >= 0.6 is 23.4 Å². The maximum atomic E-state index is 12.8. The molecular weight excluding hydrogens is 394 g/mol. The van der Waals surface area contributed by atoms with Crippen LogP contribution in [0, 0.1) is 13.8 Å². The van der Waals surface area contributed by atoms with Gasteiger partial charge in [0.15, 0.2) is 0 Å². The molecule has 140 valence electrons. The molecule has 2 amide bonds. The zero-order valence-corrected chi connectivity index (χ0v) is 16.8. The number of carbonyl (C=O) groups is 2. The lowest BCUT2D eigenvalue weighted by molar-refractivity contribution is -0.113.